The maximum absolute atomic E-state index is 11.9. The van der Waals surface area contributed by atoms with E-state index in [9.17, 15) is 4.79 Å². The minimum absolute atomic E-state index is 0.0747. The molecule has 2 aromatic carbocycles. The fraction of sp³-hybridized carbons (Fsp3) is 0.286. The molecule has 4 nitrogen and oxygen atoms in total. The maximum Gasteiger partial charge on any atom is 0.244 e. The van der Waals surface area contributed by atoms with Gasteiger partial charge in [-0.2, -0.15) is 0 Å². The van der Waals surface area contributed by atoms with Gasteiger partial charge in [-0.05, 0) is 49.6 Å². The summed E-state index contributed by atoms with van der Waals surface area (Å²) in [5, 5.41) is 2.89. The van der Waals surface area contributed by atoms with E-state index in [0.29, 0.717) is 18.0 Å². The summed E-state index contributed by atoms with van der Waals surface area (Å²) in [6, 6.07) is 15.7. The lowest BCUT2D eigenvalue weighted by Crippen LogP contribution is -2.23. The van der Waals surface area contributed by atoms with E-state index in [1.807, 2.05) is 50.2 Å². The molecule has 4 heteroatoms. The van der Waals surface area contributed by atoms with Gasteiger partial charge in [0.1, 0.15) is 0 Å². The van der Waals surface area contributed by atoms with E-state index in [1.54, 1.807) is 13.2 Å². The Hall–Kier alpha value is -2.75. The summed E-state index contributed by atoms with van der Waals surface area (Å²) in [6.45, 7) is 4.54. The van der Waals surface area contributed by atoms with E-state index in [0.717, 1.165) is 12.0 Å². The van der Waals surface area contributed by atoms with Crippen LogP contribution in [0.25, 0.3) is 6.08 Å². The Morgan fingerprint density at radius 2 is 1.88 bits per heavy atom. The smallest absolute Gasteiger partial charge is 0.244 e. The zero-order chi connectivity index (χ0) is 18.1. The number of methoxy groups -OCH3 is 1. The van der Waals surface area contributed by atoms with Crippen molar-refractivity contribution >= 4 is 12.0 Å². The van der Waals surface area contributed by atoms with Crippen LogP contribution in [0.4, 0.5) is 0 Å². The monoisotopic (exact) mass is 339 g/mol. The van der Waals surface area contributed by atoms with Crippen molar-refractivity contribution in [3.8, 4) is 11.5 Å². The summed E-state index contributed by atoms with van der Waals surface area (Å²) in [6.07, 6.45) is 4.18. The van der Waals surface area contributed by atoms with Gasteiger partial charge in [0.2, 0.25) is 5.91 Å². The molecule has 0 spiro atoms. The van der Waals surface area contributed by atoms with Gasteiger partial charge in [-0.3, -0.25) is 4.79 Å². The van der Waals surface area contributed by atoms with E-state index >= 15 is 0 Å². The Bertz CT molecular complexity index is 708. The first-order chi connectivity index (χ1) is 12.1. The van der Waals surface area contributed by atoms with Crippen molar-refractivity contribution in [1.82, 2.24) is 5.32 Å². The summed E-state index contributed by atoms with van der Waals surface area (Å²) in [7, 11) is 1.60. The standard InChI is InChI=1S/C21H25NO3/c1-16(2)25-19-11-9-18(15-20(19)24-3)10-12-21(23)22-14-13-17-7-5-4-6-8-17/h4-12,15-16H,13-14H2,1-3H3,(H,22,23). The first-order valence-corrected chi connectivity index (χ1v) is 8.43. The summed E-state index contributed by atoms with van der Waals surface area (Å²) in [5.41, 5.74) is 2.09. The van der Waals surface area contributed by atoms with Crippen molar-refractivity contribution in [2.75, 3.05) is 13.7 Å². The first kappa shape index (κ1) is 18.6. The van der Waals surface area contributed by atoms with E-state index in [-0.39, 0.29) is 12.0 Å². The van der Waals surface area contributed by atoms with E-state index in [4.69, 9.17) is 9.47 Å². The molecule has 0 atom stereocenters. The number of benzene rings is 2. The molecule has 2 aromatic rings. The molecule has 0 unspecified atom stereocenters. The normalized spacial score (nSPS) is 10.9. The molecule has 0 aromatic heterocycles. The molecule has 0 heterocycles. The molecule has 0 aliphatic rings. The minimum atomic E-state index is -0.114. The Morgan fingerprint density at radius 1 is 1.12 bits per heavy atom. The van der Waals surface area contributed by atoms with Crippen molar-refractivity contribution in [2.24, 2.45) is 0 Å². The highest BCUT2D eigenvalue weighted by atomic mass is 16.5. The molecule has 0 aliphatic carbocycles. The highest BCUT2D eigenvalue weighted by Crippen LogP contribution is 2.29. The number of hydrogen-bond donors (Lipinski definition) is 1. The van der Waals surface area contributed by atoms with Crippen LogP contribution in [0.3, 0.4) is 0 Å². The van der Waals surface area contributed by atoms with Gasteiger partial charge in [-0.1, -0.05) is 36.4 Å². The summed E-state index contributed by atoms with van der Waals surface area (Å²) in [4.78, 5) is 11.9. The number of rotatable bonds is 8. The molecule has 2 rings (SSSR count). The summed E-state index contributed by atoms with van der Waals surface area (Å²) >= 11 is 0. The van der Waals surface area contributed by atoms with Crippen LogP contribution in [0, 0.1) is 0 Å². The molecular weight excluding hydrogens is 314 g/mol. The molecule has 1 N–H and O–H groups in total. The fourth-order valence-electron chi connectivity index (χ4n) is 2.34. The third kappa shape index (κ3) is 6.34. The highest BCUT2D eigenvalue weighted by molar-refractivity contribution is 5.91. The topological polar surface area (TPSA) is 47.6 Å². The highest BCUT2D eigenvalue weighted by Gasteiger charge is 2.06. The van der Waals surface area contributed by atoms with Crippen LogP contribution in [0.5, 0.6) is 11.5 Å². The summed E-state index contributed by atoms with van der Waals surface area (Å²) in [5.74, 6) is 1.24. The molecule has 0 saturated carbocycles. The Kier molecular flexibility index (Phi) is 7.08. The molecule has 0 bridgehead atoms. The predicted octanol–water partition coefficient (Wildman–Crippen LogP) is 3.85. The maximum atomic E-state index is 11.9. The van der Waals surface area contributed by atoms with Gasteiger partial charge in [0.15, 0.2) is 11.5 Å². The minimum Gasteiger partial charge on any atom is -0.493 e. The third-order valence-corrected chi connectivity index (χ3v) is 3.53. The van der Waals surface area contributed by atoms with Crippen molar-refractivity contribution in [3.63, 3.8) is 0 Å². The second kappa shape index (κ2) is 9.52. The fourth-order valence-corrected chi connectivity index (χ4v) is 2.34. The van der Waals surface area contributed by atoms with Crippen LogP contribution >= 0.6 is 0 Å². The number of amides is 1. The van der Waals surface area contributed by atoms with Crippen molar-refractivity contribution in [3.05, 3.63) is 65.7 Å². The van der Waals surface area contributed by atoms with Gasteiger partial charge in [-0.15, -0.1) is 0 Å². The number of carbonyl (C=O) groups excluding carboxylic acids is 1. The van der Waals surface area contributed by atoms with E-state index in [1.165, 1.54) is 11.6 Å². The lowest BCUT2D eigenvalue weighted by molar-refractivity contribution is -0.116. The van der Waals surface area contributed by atoms with Gasteiger partial charge in [0.25, 0.3) is 0 Å². The zero-order valence-corrected chi connectivity index (χ0v) is 15.0. The second-order valence-electron chi connectivity index (χ2n) is 5.94. The van der Waals surface area contributed by atoms with Crippen LogP contribution < -0.4 is 14.8 Å². The van der Waals surface area contributed by atoms with Gasteiger partial charge in [-0.25, -0.2) is 0 Å². The third-order valence-electron chi connectivity index (χ3n) is 3.53. The SMILES string of the molecule is COc1cc(C=CC(=O)NCCc2ccccc2)ccc1OC(C)C. The van der Waals surface area contributed by atoms with Crippen LogP contribution in [-0.4, -0.2) is 25.7 Å². The Balaban J connectivity index is 1.88. The first-order valence-electron chi connectivity index (χ1n) is 8.43. The predicted molar refractivity (Wildman–Crippen MR) is 101 cm³/mol. The lowest BCUT2D eigenvalue weighted by atomic mass is 10.1. The van der Waals surface area contributed by atoms with Crippen LogP contribution in [-0.2, 0) is 11.2 Å². The Morgan fingerprint density at radius 3 is 2.56 bits per heavy atom. The van der Waals surface area contributed by atoms with Gasteiger partial charge >= 0.3 is 0 Å². The zero-order valence-electron chi connectivity index (χ0n) is 15.0. The largest absolute Gasteiger partial charge is 0.493 e. The molecule has 0 radical (unpaired) electrons. The molecule has 132 valence electrons. The Labute approximate surface area is 149 Å². The molecule has 0 fully saturated rings. The van der Waals surface area contributed by atoms with Crippen molar-refractivity contribution < 1.29 is 14.3 Å². The molecule has 25 heavy (non-hydrogen) atoms. The average Bonchev–Trinajstić information content (AvgIpc) is 2.61. The van der Waals surface area contributed by atoms with Crippen LogP contribution in [0.15, 0.2) is 54.6 Å². The van der Waals surface area contributed by atoms with Gasteiger partial charge in [0, 0.05) is 12.6 Å². The number of carbonyl (C=O) groups is 1. The molecule has 1 amide bonds. The molecule has 0 saturated heterocycles. The van der Waals surface area contributed by atoms with Crippen molar-refractivity contribution in [1.29, 1.82) is 0 Å². The number of hydrogen-bond acceptors (Lipinski definition) is 3. The van der Waals surface area contributed by atoms with Gasteiger partial charge < -0.3 is 14.8 Å². The quantitative estimate of drug-likeness (QED) is 0.743. The van der Waals surface area contributed by atoms with Crippen LogP contribution in [0.2, 0.25) is 0 Å². The molecule has 0 aliphatic heterocycles. The lowest BCUT2D eigenvalue weighted by Gasteiger charge is -2.13. The molecular formula is C21H25NO3. The van der Waals surface area contributed by atoms with Crippen molar-refractivity contribution in [2.45, 2.75) is 26.4 Å². The number of nitrogens with one attached hydrogen (secondary N) is 1. The second-order valence-corrected chi connectivity index (χ2v) is 5.94. The average molecular weight is 339 g/mol. The van der Waals surface area contributed by atoms with E-state index in [2.05, 4.69) is 17.4 Å². The summed E-state index contributed by atoms with van der Waals surface area (Å²) < 4.78 is 11.0. The van der Waals surface area contributed by atoms with Crippen LogP contribution in [0.1, 0.15) is 25.0 Å². The van der Waals surface area contributed by atoms with E-state index < -0.39 is 0 Å². The number of ether oxygens (including phenoxy) is 2. The van der Waals surface area contributed by atoms with Gasteiger partial charge in [0.05, 0.1) is 13.2 Å².